The van der Waals surface area contributed by atoms with Gasteiger partial charge in [-0.15, -0.1) is 0 Å². The first kappa shape index (κ1) is 27.1. The van der Waals surface area contributed by atoms with Crippen molar-refractivity contribution in [1.82, 2.24) is 39.8 Å². The van der Waals surface area contributed by atoms with Crippen molar-refractivity contribution in [1.29, 1.82) is 0 Å². The number of imidazole rings is 1. The van der Waals surface area contributed by atoms with Gasteiger partial charge in [0.05, 0.1) is 40.6 Å². The van der Waals surface area contributed by atoms with Gasteiger partial charge in [-0.2, -0.15) is 5.10 Å². The van der Waals surface area contributed by atoms with Gasteiger partial charge in [0, 0.05) is 36.5 Å². The third kappa shape index (κ3) is 5.57. The molecule has 0 saturated heterocycles. The molecule has 0 spiro atoms. The minimum absolute atomic E-state index is 0.0674. The predicted molar refractivity (Wildman–Crippen MR) is 156 cm³/mol. The number of carbonyl (C=O) groups excluding carboxylic acids is 1. The van der Waals surface area contributed by atoms with Crippen LogP contribution in [-0.2, 0) is 21.4 Å². The Morgan fingerprint density at radius 2 is 1.81 bits per heavy atom. The van der Waals surface area contributed by atoms with Gasteiger partial charge < -0.3 is 10.3 Å². The number of benzene rings is 1. The van der Waals surface area contributed by atoms with E-state index in [0.29, 0.717) is 73.8 Å². The van der Waals surface area contributed by atoms with Gasteiger partial charge in [-0.1, -0.05) is 6.92 Å². The molecule has 5 aromatic heterocycles. The van der Waals surface area contributed by atoms with Crippen LogP contribution in [0.15, 0.2) is 61.1 Å². The van der Waals surface area contributed by atoms with Gasteiger partial charge in [-0.05, 0) is 48.0 Å². The maximum Gasteiger partial charge on any atom is 0.224 e. The standard InChI is InChI=1S/C28H24FN9O3S/c1-3-23(39)33-19-11-17(13-30-14-19)20-4-5-22-26(34-20)27(38-37-22)28-35-21-6-7-31-24(25(21)36-28)16-8-15(9-18(29)10-16)12-32-42(2,40)41/h4-11,13-14,32H,3,12H2,1-2H3,(H,33,39)(H,35,36)(H,37,38). The number of aromatic nitrogens is 7. The molecule has 0 saturated carbocycles. The van der Waals surface area contributed by atoms with Crippen molar-refractivity contribution in [3.05, 3.63) is 72.4 Å². The van der Waals surface area contributed by atoms with Crippen LogP contribution in [0, 0.1) is 5.82 Å². The number of carbonyl (C=O) groups is 1. The summed E-state index contributed by atoms with van der Waals surface area (Å²) in [5, 5.41) is 10.2. The van der Waals surface area contributed by atoms with Crippen molar-refractivity contribution in [3.8, 4) is 34.0 Å². The normalized spacial score (nSPS) is 11.8. The maximum absolute atomic E-state index is 14.5. The first-order chi connectivity index (χ1) is 20.2. The molecule has 42 heavy (non-hydrogen) atoms. The zero-order chi connectivity index (χ0) is 29.4. The largest absolute Gasteiger partial charge is 0.336 e. The van der Waals surface area contributed by atoms with Crippen LogP contribution in [-0.4, -0.2) is 55.7 Å². The molecule has 0 atom stereocenters. The molecule has 1 amide bonds. The first-order valence-corrected chi connectivity index (χ1v) is 14.8. The third-order valence-electron chi connectivity index (χ3n) is 6.44. The molecule has 1 aromatic carbocycles. The zero-order valence-corrected chi connectivity index (χ0v) is 23.3. The van der Waals surface area contributed by atoms with E-state index in [1.54, 1.807) is 43.7 Å². The fraction of sp³-hybridized carbons (Fsp3) is 0.143. The Kier molecular flexibility index (Phi) is 6.92. The Balaban J connectivity index is 1.39. The quantitative estimate of drug-likeness (QED) is 0.206. The van der Waals surface area contributed by atoms with Crippen LogP contribution in [0.4, 0.5) is 10.1 Å². The average Bonchev–Trinajstić information content (AvgIpc) is 3.59. The van der Waals surface area contributed by atoms with Crippen LogP contribution in [0.3, 0.4) is 0 Å². The molecule has 12 nitrogen and oxygen atoms in total. The minimum atomic E-state index is -3.46. The second kappa shape index (κ2) is 10.7. The predicted octanol–water partition coefficient (Wildman–Crippen LogP) is 4.16. The zero-order valence-electron chi connectivity index (χ0n) is 22.4. The number of hydrogen-bond donors (Lipinski definition) is 4. The highest BCUT2D eigenvalue weighted by atomic mass is 32.2. The lowest BCUT2D eigenvalue weighted by atomic mass is 10.1. The second-order valence-corrected chi connectivity index (χ2v) is 11.4. The molecule has 0 aliphatic carbocycles. The van der Waals surface area contributed by atoms with Crippen molar-refractivity contribution < 1.29 is 17.6 Å². The van der Waals surface area contributed by atoms with E-state index in [9.17, 15) is 17.6 Å². The molecular weight excluding hydrogens is 561 g/mol. The molecular formula is C28H24FN9O3S. The van der Waals surface area contributed by atoms with E-state index < -0.39 is 15.8 Å². The number of aromatic amines is 2. The van der Waals surface area contributed by atoms with Crippen molar-refractivity contribution >= 4 is 43.7 Å². The lowest BCUT2D eigenvalue weighted by molar-refractivity contribution is -0.115. The van der Waals surface area contributed by atoms with E-state index in [2.05, 4.69) is 35.2 Å². The molecule has 5 heterocycles. The number of H-pyrrole nitrogens is 2. The summed E-state index contributed by atoms with van der Waals surface area (Å²) in [6.07, 6.45) is 6.20. The lowest BCUT2D eigenvalue weighted by Crippen LogP contribution is -2.21. The molecule has 0 aliphatic rings. The van der Waals surface area contributed by atoms with Crippen LogP contribution in [0.5, 0.6) is 0 Å². The Morgan fingerprint density at radius 3 is 2.62 bits per heavy atom. The van der Waals surface area contributed by atoms with E-state index in [0.717, 1.165) is 6.26 Å². The number of halogens is 1. The van der Waals surface area contributed by atoms with E-state index in [-0.39, 0.29) is 12.5 Å². The van der Waals surface area contributed by atoms with Crippen LogP contribution in [0.2, 0.25) is 0 Å². The van der Waals surface area contributed by atoms with Gasteiger partial charge in [0.2, 0.25) is 15.9 Å². The summed E-state index contributed by atoms with van der Waals surface area (Å²) in [5.74, 6) is -0.226. The van der Waals surface area contributed by atoms with E-state index >= 15 is 0 Å². The van der Waals surface area contributed by atoms with Gasteiger partial charge in [-0.3, -0.25) is 19.9 Å². The fourth-order valence-corrected chi connectivity index (χ4v) is 4.91. The van der Waals surface area contributed by atoms with Gasteiger partial charge in [-0.25, -0.2) is 27.5 Å². The SMILES string of the molecule is CCC(=O)Nc1cncc(-c2ccc3[nH]nc(-c4nc5c(-c6cc(F)cc(CNS(C)(=O)=O)c6)nccc5[nH]4)c3n2)c1. The molecule has 0 bridgehead atoms. The van der Waals surface area contributed by atoms with Crippen molar-refractivity contribution in [3.63, 3.8) is 0 Å². The van der Waals surface area contributed by atoms with Gasteiger partial charge >= 0.3 is 0 Å². The van der Waals surface area contributed by atoms with Crippen molar-refractivity contribution in [2.24, 2.45) is 0 Å². The molecule has 212 valence electrons. The Hall–Kier alpha value is -5.08. The van der Waals surface area contributed by atoms with Crippen LogP contribution in [0.1, 0.15) is 18.9 Å². The average molecular weight is 586 g/mol. The monoisotopic (exact) mass is 585 g/mol. The van der Waals surface area contributed by atoms with Crippen molar-refractivity contribution in [2.75, 3.05) is 11.6 Å². The highest BCUT2D eigenvalue weighted by Gasteiger charge is 2.18. The molecule has 6 aromatic rings. The number of pyridine rings is 3. The Bertz CT molecular complexity index is 2090. The summed E-state index contributed by atoms with van der Waals surface area (Å²) >= 11 is 0. The highest BCUT2D eigenvalue weighted by molar-refractivity contribution is 7.88. The number of nitrogens with one attached hydrogen (secondary N) is 4. The number of hydrogen-bond acceptors (Lipinski definition) is 8. The molecule has 0 unspecified atom stereocenters. The van der Waals surface area contributed by atoms with Crippen LogP contribution in [0.25, 0.3) is 56.1 Å². The number of fused-ring (bicyclic) bond motifs is 2. The summed E-state index contributed by atoms with van der Waals surface area (Å²) < 4.78 is 40.0. The highest BCUT2D eigenvalue weighted by Crippen LogP contribution is 2.31. The topological polar surface area (TPSA) is 171 Å². The maximum atomic E-state index is 14.5. The summed E-state index contributed by atoms with van der Waals surface area (Å²) in [6.45, 7) is 1.70. The number of rotatable bonds is 8. The van der Waals surface area contributed by atoms with E-state index in [1.807, 2.05) is 12.1 Å². The lowest BCUT2D eigenvalue weighted by Gasteiger charge is -2.07. The van der Waals surface area contributed by atoms with Crippen LogP contribution >= 0.6 is 0 Å². The number of anilines is 1. The Labute approximate surface area is 238 Å². The molecule has 6 rings (SSSR count). The third-order valence-corrected chi connectivity index (χ3v) is 7.11. The van der Waals surface area contributed by atoms with Gasteiger partial charge in [0.1, 0.15) is 16.9 Å². The Morgan fingerprint density at radius 1 is 0.976 bits per heavy atom. The van der Waals surface area contributed by atoms with Crippen molar-refractivity contribution in [2.45, 2.75) is 19.9 Å². The second-order valence-electron chi connectivity index (χ2n) is 9.61. The summed E-state index contributed by atoms with van der Waals surface area (Å²) in [7, 11) is -3.46. The molecule has 0 aliphatic heterocycles. The first-order valence-electron chi connectivity index (χ1n) is 12.9. The molecule has 4 N–H and O–H groups in total. The van der Waals surface area contributed by atoms with E-state index in [4.69, 9.17) is 9.97 Å². The number of nitrogens with zero attached hydrogens (tertiary/aromatic N) is 5. The number of sulfonamides is 1. The number of amides is 1. The van der Waals surface area contributed by atoms with E-state index in [1.165, 1.54) is 12.1 Å². The summed E-state index contributed by atoms with van der Waals surface area (Å²) in [4.78, 5) is 33.3. The summed E-state index contributed by atoms with van der Waals surface area (Å²) in [6, 6.07) is 11.5. The smallest absolute Gasteiger partial charge is 0.224 e. The molecule has 0 fully saturated rings. The molecule has 0 radical (unpaired) electrons. The van der Waals surface area contributed by atoms with Gasteiger partial charge in [0.25, 0.3) is 0 Å². The fourth-order valence-electron chi connectivity index (χ4n) is 4.48. The van der Waals surface area contributed by atoms with Gasteiger partial charge in [0.15, 0.2) is 11.5 Å². The summed E-state index contributed by atoms with van der Waals surface area (Å²) in [5.41, 5.74) is 6.04. The minimum Gasteiger partial charge on any atom is -0.336 e. The van der Waals surface area contributed by atoms with Crippen LogP contribution < -0.4 is 10.0 Å². The molecule has 14 heteroatoms.